The molecule has 0 saturated heterocycles. The third-order valence-corrected chi connectivity index (χ3v) is 4.59. The number of aromatic nitrogens is 1. The molecule has 3 aromatic rings. The third-order valence-electron chi connectivity index (χ3n) is 4.59. The highest BCUT2D eigenvalue weighted by Crippen LogP contribution is 2.30. The van der Waals surface area contributed by atoms with Gasteiger partial charge in [-0.2, -0.15) is 0 Å². The Kier molecular flexibility index (Phi) is 5.69. The van der Waals surface area contributed by atoms with Gasteiger partial charge in [0.15, 0.2) is 0 Å². The van der Waals surface area contributed by atoms with E-state index in [1.165, 1.54) is 6.34 Å². The van der Waals surface area contributed by atoms with Crippen molar-refractivity contribution in [3.05, 3.63) is 71.4 Å². The van der Waals surface area contributed by atoms with E-state index < -0.39 is 5.91 Å². The third kappa shape index (κ3) is 3.86. The van der Waals surface area contributed by atoms with Crippen LogP contribution >= 0.6 is 0 Å². The second kappa shape index (κ2) is 8.35. The molecule has 0 radical (unpaired) electrons. The first-order valence-corrected chi connectivity index (χ1v) is 8.95. The minimum absolute atomic E-state index is 0.437. The predicted octanol–water partition coefficient (Wildman–Crippen LogP) is 3.30. The number of carbonyl (C=O) groups excluding carboxylic acids is 2. The number of hydrogen-bond donors (Lipinski definition) is 2. The zero-order chi connectivity index (χ0) is 20.1. The van der Waals surface area contributed by atoms with Crippen molar-refractivity contribution < 1.29 is 9.59 Å². The van der Waals surface area contributed by atoms with Gasteiger partial charge < -0.3 is 20.8 Å². The number of benzene rings is 2. The number of nitrogens with two attached hydrogens (primary N) is 2. The zero-order valence-electron chi connectivity index (χ0n) is 15.6. The van der Waals surface area contributed by atoms with Crippen LogP contribution < -0.4 is 11.5 Å². The Hall–Kier alpha value is -3.67. The van der Waals surface area contributed by atoms with Crippen LogP contribution in [0.1, 0.15) is 28.0 Å². The van der Waals surface area contributed by atoms with E-state index in [4.69, 9.17) is 11.5 Å². The van der Waals surface area contributed by atoms with E-state index in [0.29, 0.717) is 18.4 Å². The summed E-state index contributed by atoms with van der Waals surface area (Å²) < 4.78 is 2.12. The first-order chi connectivity index (χ1) is 13.5. The Morgan fingerprint density at radius 3 is 2.46 bits per heavy atom. The Balaban J connectivity index is 2.13. The van der Waals surface area contributed by atoms with Crippen LogP contribution in [-0.4, -0.2) is 23.1 Å². The molecule has 0 aliphatic carbocycles. The average Bonchev–Trinajstić information content (AvgIpc) is 3.10. The quantitative estimate of drug-likeness (QED) is 0.377. The molecule has 0 fully saturated rings. The predicted molar refractivity (Wildman–Crippen MR) is 111 cm³/mol. The lowest BCUT2D eigenvalue weighted by atomic mass is 10.1. The molecule has 0 spiro atoms. The smallest absolute Gasteiger partial charge is 0.248 e. The van der Waals surface area contributed by atoms with Crippen LogP contribution in [0.2, 0.25) is 0 Å². The lowest BCUT2D eigenvalue weighted by Crippen LogP contribution is -2.12. The molecule has 142 valence electrons. The molecule has 4 N–H and O–H groups in total. The summed E-state index contributed by atoms with van der Waals surface area (Å²) in [7, 11) is 0. The summed E-state index contributed by atoms with van der Waals surface area (Å²) in [6.45, 7) is 1.94. The topological polar surface area (TPSA) is 103 Å². The molecule has 3 rings (SSSR count). The first kappa shape index (κ1) is 19.1. The molecule has 6 nitrogen and oxygen atoms in total. The number of aldehydes is 1. The van der Waals surface area contributed by atoms with Gasteiger partial charge in [0, 0.05) is 23.4 Å². The molecule has 0 atom stereocenters. The summed E-state index contributed by atoms with van der Waals surface area (Å²) >= 11 is 0. The van der Waals surface area contributed by atoms with Crippen LogP contribution in [0.5, 0.6) is 0 Å². The maximum Gasteiger partial charge on any atom is 0.248 e. The van der Waals surface area contributed by atoms with Crippen LogP contribution in [0.3, 0.4) is 0 Å². The van der Waals surface area contributed by atoms with Crippen molar-refractivity contribution >= 4 is 24.2 Å². The van der Waals surface area contributed by atoms with Gasteiger partial charge in [0.05, 0.1) is 17.7 Å². The largest absolute Gasteiger partial charge is 0.390 e. The second-order valence-electron chi connectivity index (χ2n) is 6.44. The second-order valence-corrected chi connectivity index (χ2v) is 6.44. The van der Waals surface area contributed by atoms with Crippen LogP contribution in [0, 0.1) is 6.92 Å². The van der Waals surface area contributed by atoms with Crippen molar-refractivity contribution in [2.45, 2.75) is 19.8 Å². The van der Waals surface area contributed by atoms with Gasteiger partial charge in [-0.1, -0.05) is 12.1 Å². The van der Waals surface area contributed by atoms with Gasteiger partial charge in [0.2, 0.25) is 5.91 Å². The van der Waals surface area contributed by atoms with E-state index >= 15 is 0 Å². The minimum Gasteiger partial charge on any atom is -0.390 e. The number of aryl methyl sites for hydroxylation is 2. The van der Waals surface area contributed by atoms with Crippen molar-refractivity contribution in [1.82, 2.24) is 4.57 Å². The molecular formula is C22H22N4O2. The van der Waals surface area contributed by atoms with Gasteiger partial charge in [0.25, 0.3) is 0 Å². The molecule has 1 aromatic heterocycles. The summed E-state index contributed by atoms with van der Waals surface area (Å²) in [5.41, 5.74) is 16.9. The summed E-state index contributed by atoms with van der Waals surface area (Å²) in [6.07, 6.45) is 3.24. The maximum atomic E-state index is 11.5. The summed E-state index contributed by atoms with van der Waals surface area (Å²) in [4.78, 5) is 26.5. The molecule has 1 heterocycles. The van der Waals surface area contributed by atoms with E-state index in [1.54, 1.807) is 12.1 Å². The fraction of sp³-hybridized carbons (Fsp3) is 0.136. The summed E-state index contributed by atoms with van der Waals surface area (Å²) in [5, 5.41) is 0. The van der Waals surface area contributed by atoms with Crippen LogP contribution in [0.25, 0.3) is 16.9 Å². The van der Waals surface area contributed by atoms with Crippen LogP contribution in [0.15, 0.2) is 59.6 Å². The number of amides is 1. The molecule has 0 bridgehead atoms. The van der Waals surface area contributed by atoms with Gasteiger partial charge >= 0.3 is 0 Å². The number of nitrogens with zero attached hydrogens (tertiary/aromatic N) is 2. The van der Waals surface area contributed by atoms with Gasteiger partial charge in [0.1, 0.15) is 6.29 Å². The van der Waals surface area contributed by atoms with Crippen molar-refractivity contribution in [2.24, 2.45) is 16.5 Å². The van der Waals surface area contributed by atoms with E-state index in [9.17, 15) is 9.59 Å². The van der Waals surface area contributed by atoms with Crippen molar-refractivity contribution in [1.29, 1.82) is 0 Å². The SMILES string of the molecule is Cc1cc(C(N)=O)ccc1-n1c(CCC=O)ccc1-c1ccc(N=CN)cc1. The van der Waals surface area contributed by atoms with Gasteiger partial charge in [-0.05, 0) is 66.9 Å². The highest BCUT2D eigenvalue weighted by Gasteiger charge is 2.15. The highest BCUT2D eigenvalue weighted by atomic mass is 16.1. The van der Waals surface area contributed by atoms with Crippen molar-refractivity contribution in [3.63, 3.8) is 0 Å². The lowest BCUT2D eigenvalue weighted by Gasteiger charge is -2.17. The van der Waals surface area contributed by atoms with Crippen molar-refractivity contribution in [2.75, 3.05) is 0 Å². The molecule has 1 amide bonds. The number of hydrogen-bond acceptors (Lipinski definition) is 3. The van der Waals surface area contributed by atoms with E-state index in [2.05, 4.69) is 9.56 Å². The maximum absolute atomic E-state index is 11.5. The molecule has 6 heteroatoms. The molecule has 0 unspecified atom stereocenters. The number of primary amides is 1. The molecule has 0 aliphatic rings. The zero-order valence-corrected chi connectivity index (χ0v) is 15.6. The Morgan fingerprint density at radius 1 is 1.11 bits per heavy atom. The molecule has 28 heavy (non-hydrogen) atoms. The molecule has 0 saturated carbocycles. The molecule has 2 aromatic carbocycles. The monoisotopic (exact) mass is 374 g/mol. The van der Waals surface area contributed by atoms with Crippen LogP contribution in [0.4, 0.5) is 5.69 Å². The number of aliphatic imine (C=N–C) groups is 1. The van der Waals surface area contributed by atoms with Crippen LogP contribution in [-0.2, 0) is 11.2 Å². The normalized spacial score (nSPS) is 11.0. The van der Waals surface area contributed by atoms with E-state index in [1.807, 2.05) is 49.4 Å². The first-order valence-electron chi connectivity index (χ1n) is 8.95. The highest BCUT2D eigenvalue weighted by molar-refractivity contribution is 5.93. The Labute approximate surface area is 163 Å². The minimum atomic E-state index is -0.459. The van der Waals surface area contributed by atoms with Gasteiger partial charge in [-0.3, -0.25) is 4.79 Å². The Morgan fingerprint density at radius 2 is 1.86 bits per heavy atom. The fourth-order valence-electron chi connectivity index (χ4n) is 3.25. The Bertz CT molecular complexity index is 1030. The fourth-order valence-corrected chi connectivity index (χ4v) is 3.25. The van der Waals surface area contributed by atoms with Gasteiger partial charge in [-0.15, -0.1) is 0 Å². The number of rotatable bonds is 7. The van der Waals surface area contributed by atoms with Gasteiger partial charge in [-0.25, -0.2) is 4.99 Å². The summed E-state index contributed by atoms with van der Waals surface area (Å²) in [5.74, 6) is -0.459. The standard InChI is InChI=1S/C22H22N4O2/c1-15-13-17(22(24)28)6-10-20(15)26-19(3-2-12-27)9-11-21(26)16-4-7-18(8-5-16)25-14-23/h4-14H,2-3H2,1H3,(H2,23,25)(H2,24,28). The average molecular weight is 374 g/mol. The van der Waals surface area contributed by atoms with E-state index in [-0.39, 0.29) is 0 Å². The summed E-state index contributed by atoms with van der Waals surface area (Å²) in [6, 6.07) is 17.2. The lowest BCUT2D eigenvalue weighted by molar-refractivity contribution is -0.107. The molecule has 0 aliphatic heterocycles. The van der Waals surface area contributed by atoms with E-state index in [0.717, 1.165) is 40.2 Å². The van der Waals surface area contributed by atoms with Crippen molar-refractivity contribution in [3.8, 4) is 16.9 Å². The number of carbonyl (C=O) groups is 2. The molecular weight excluding hydrogens is 352 g/mol.